The number of alkyl carbamates (subject to hydrolysis) is 1. The normalized spacial score (nSPS) is 27.1. The Balaban J connectivity index is 1.74. The van der Waals surface area contributed by atoms with E-state index in [1.54, 1.807) is 0 Å². The average Bonchev–Trinajstić information content (AvgIpc) is 2.40. The Hall–Kier alpha value is -0.770. The van der Waals surface area contributed by atoms with Crippen molar-refractivity contribution in [2.45, 2.75) is 96.7 Å². The van der Waals surface area contributed by atoms with Crippen LogP contribution in [0.1, 0.15) is 79.1 Å². The SMILES string of the molecule is CC(CC1CCC1)NC1CCCCC1CNC(=O)OC(C)(C)C. The van der Waals surface area contributed by atoms with Gasteiger partial charge in [0, 0.05) is 18.6 Å². The van der Waals surface area contributed by atoms with Gasteiger partial charge in [-0.05, 0) is 58.8 Å². The Morgan fingerprint density at radius 3 is 2.43 bits per heavy atom. The molecule has 0 saturated heterocycles. The maximum atomic E-state index is 11.9. The summed E-state index contributed by atoms with van der Waals surface area (Å²) < 4.78 is 5.35. The van der Waals surface area contributed by atoms with Gasteiger partial charge in [0.1, 0.15) is 5.60 Å². The van der Waals surface area contributed by atoms with Gasteiger partial charge < -0.3 is 15.4 Å². The molecule has 0 bridgehead atoms. The zero-order valence-corrected chi connectivity index (χ0v) is 15.5. The van der Waals surface area contributed by atoms with Gasteiger partial charge >= 0.3 is 6.09 Å². The fourth-order valence-electron chi connectivity index (χ4n) is 3.86. The van der Waals surface area contributed by atoms with Crippen LogP contribution in [0.2, 0.25) is 0 Å². The Kier molecular flexibility index (Phi) is 6.75. The van der Waals surface area contributed by atoms with Gasteiger partial charge in [-0.1, -0.05) is 32.1 Å². The Morgan fingerprint density at radius 2 is 1.83 bits per heavy atom. The molecule has 4 nitrogen and oxygen atoms in total. The molecule has 134 valence electrons. The summed E-state index contributed by atoms with van der Waals surface area (Å²) in [7, 11) is 0. The molecule has 2 saturated carbocycles. The highest BCUT2D eigenvalue weighted by atomic mass is 16.6. The van der Waals surface area contributed by atoms with E-state index in [1.807, 2.05) is 20.8 Å². The molecule has 0 heterocycles. The Morgan fingerprint density at radius 1 is 1.13 bits per heavy atom. The van der Waals surface area contributed by atoms with Crippen LogP contribution >= 0.6 is 0 Å². The van der Waals surface area contributed by atoms with Crippen LogP contribution in [0, 0.1) is 11.8 Å². The lowest BCUT2D eigenvalue weighted by Crippen LogP contribution is -2.48. The third kappa shape index (κ3) is 6.70. The second-order valence-corrected chi connectivity index (χ2v) is 8.63. The number of amides is 1. The van der Waals surface area contributed by atoms with Gasteiger partial charge in [0.05, 0.1) is 0 Å². The minimum absolute atomic E-state index is 0.288. The van der Waals surface area contributed by atoms with E-state index in [4.69, 9.17) is 4.74 Å². The second-order valence-electron chi connectivity index (χ2n) is 8.63. The van der Waals surface area contributed by atoms with Crippen molar-refractivity contribution in [1.29, 1.82) is 0 Å². The van der Waals surface area contributed by atoms with E-state index in [0.717, 1.165) is 12.5 Å². The van der Waals surface area contributed by atoms with Crippen LogP contribution in [-0.4, -0.2) is 30.3 Å². The predicted molar refractivity (Wildman–Crippen MR) is 94.5 cm³/mol. The molecule has 4 heteroatoms. The monoisotopic (exact) mass is 324 g/mol. The van der Waals surface area contributed by atoms with Crippen LogP contribution in [0.25, 0.3) is 0 Å². The molecule has 0 radical (unpaired) electrons. The second kappa shape index (κ2) is 8.36. The quantitative estimate of drug-likeness (QED) is 0.768. The highest BCUT2D eigenvalue weighted by molar-refractivity contribution is 5.67. The van der Waals surface area contributed by atoms with E-state index in [0.29, 0.717) is 18.0 Å². The van der Waals surface area contributed by atoms with Gasteiger partial charge in [0.2, 0.25) is 0 Å². The zero-order chi connectivity index (χ0) is 16.9. The molecule has 2 aliphatic rings. The topological polar surface area (TPSA) is 50.4 Å². The molecule has 2 fully saturated rings. The Labute approximate surface area is 142 Å². The number of nitrogens with one attached hydrogen (secondary N) is 2. The number of carbonyl (C=O) groups excluding carboxylic acids is 1. The van der Waals surface area contributed by atoms with Crippen LogP contribution in [-0.2, 0) is 4.74 Å². The number of hydrogen-bond donors (Lipinski definition) is 2. The summed E-state index contributed by atoms with van der Waals surface area (Å²) in [6.45, 7) is 8.76. The maximum Gasteiger partial charge on any atom is 0.407 e. The summed E-state index contributed by atoms with van der Waals surface area (Å²) in [6.07, 6.45) is 10.3. The van der Waals surface area contributed by atoms with E-state index >= 15 is 0 Å². The molecule has 3 atom stereocenters. The van der Waals surface area contributed by atoms with E-state index in [9.17, 15) is 4.79 Å². The molecule has 0 aromatic rings. The van der Waals surface area contributed by atoms with Gasteiger partial charge in [-0.15, -0.1) is 0 Å². The van der Waals surface area contributed by atoms with Gasteiger partial charge in [-0.3, -0.25) is 0 Å². The van der Waals surface area contributed by atoms with E-state index in [2.05, 4.69) is 17.6 Å². The summed E-state index contributed by atoms with van der Waals surface area (Å²) in [5, 5.41) is 6.82. The smallest absolute Gasteiger partial charge is 0.407 e. The molecule has 3 unspecified atom stereocenters. The fraction of sp³-hybridized carbons (Fsp3) is 0.947. The van der Waals surface area contributed by atoms with Crippen molar-refractivity contribution < 1.29 is 9.53 Å². The summed E-state index contributed by atoms with van der Waals surface area (Å²) in [5.74, 6) is 1.47. The molecular formula is C19H36N2O2. The average molecular weight is 325 g/mol. The molecule has 23 heavy (non-hydrogen) atoms. The van der Waals surface area contributed by atoms with Gasteiger partial charge in [0.15, 0.2) is 0 Å². The van der Waals surface area contributed by atoms with Crippen molar-refractivity contribution in [3.63, 3.8) is 0 Å². The molecule has 2 N–H and O–H groups in total. The van der Waals surface area contributed by atoms with Gasteiger partial charge in [0.25, 0.3) is 0 Å². The van der Waals surface area contributed by atoms with E-state index in [1.165, 1.54) is 51.4 Å². The molecule has 2 rings (SSSR count). The van der Waals surface area contributed by atoms with Crippen LogP contribution < -0.4 is 10.6 Å². The first-order chi connectivity index (χ1) is 10.8. The van der Waals surface area contributed by atoms with Crippen molar-refractivity contribution >= 4 is 6.09 Å². The van der Waals surface area contributed by atoms with Crippen molar-refractivity contribution in [2.75, 3.05) is 6.54 Å². The highest BCUT2D eigenvalue weighted by Gasteiger charge is 2.28. The standard InChI is InChI=1S/C19H36N2O2/c1-14(12-15-8-7-9-15)21-17-11-6-5-10-16(17)13-20-18(22)23-19(2,3)4/h14-17,21H,5-13H2,1-4H3,(H,20,22). The number of rotatable bonds is 6. The Bertz CT molecular complexity index is 374. The third-order valence-electron chi connectivity index (χ3n) is 5.23. The predicted octanol–water partition coefficient (Wildman–Crippen LogP) is 4.24. The number of hydrogen-bond acceptors (Lipinski definition) is 3. The summed E-state index contributed by atoms with van der Waals surface area (Å²) in [4.78, 5) is 11.9. The van der Waals surface area contributed by atoms with Crippen molar-refractivity contribution in [1.82, 2.24) is 10.6 Å². The minimum Gasteiger partial charge on any atom is -0.444 e. The molecule has 1 amide bonds. The van der Waals surface area contributed by atoms with Gasteiger partial charge in [-0.2, -0.15) is 0 Å². The first-order valence-corrected chi connectivity index (χ1v) is 9.56. The molecule has 2 aliphatic carbocycles. The van der Waals surface area contributed by atoms with Crippen molar-refractivity contribution in [3.05, 3.63) is 0 Å². The minimum atomic E-state index is -0.425. The highest BCUT2D eigenvalue weighted by Crippen LogP contribution is 2.31. The van der Waals surface area contributed by atoms with Gasteiger partial charge in [-0.25, -0.2) is 4.79 Å². The van der Waals surface area contributed by atoms with E-state index < -0.39 is 5.60 Å². The lowest BCUT2D eigenvalue weighted by molar-refractivity contribution is 0.0509. The summed E-state index contributed by atoms with van der Waals surface area (Å²) in [5.41, 5.74) is -0.425. The van der Waals surface area contributed by atoms with Crippen LogP contribution in [0.15, 0.2) is 0 Å². The first-order valence-electron chi connectivity index (χ1n) is 9.56. The molecular weight excluding hydrogens is 288 g/mol. The van der Waals surface area contributed by atoms with Crippen LogP contribution in [0.3, 0.4) is 0 Å². The third-order valence-corrected chi connectivity index (χ3v) is 5.23. The molecule has 0 aliphatic heterocycles. The summed E-state index contributed by atoms with van der Waals surface area (Å²) >= 11 is 0. The van der Waals surface area contributed by atoms with Crippen molar-refractivity contribution in [2.24, 2.45) is 11.8 Å². The zero-order valence-electron chi connectivity index (χ0n) is 15.5. The number of carbonyl (C=O) groups is 1. The van der Waals surface area contributed by atoms with Crippen LogP contribution in [0.4, 0.5) is 4.79 Å². The fourth-order valence-corrected chi connectivity index (χ4v) is 3.86. The number of ether oxygens (including phenoxy) is 1. The molecule has 0 aromatic carbocycles. The lowest BCUT2D eigenvalue weighted by Gasteiger charge is -2.36. The van der Waals surface area contributed by atoms with Crippen LogP contribution in [0.5, 0.6) is 0 Å². The molecule has 0 aromatic heterocycles. The van der Waals surface area contributed by atoms with Crippen molar-refractivity contribution in [3.8, 4) is 0 Å². The lowest BCUT2D eigenvalue weighted by atomic mass is 9.80. The maximum absolute atomic E-state index is 11.9. The molecule has 0 spiro atoms. The first kappa shape index (κ1) is 18.6. The van der Waals surface area contributed by atoms with E-state index in [-0.39, 0.29) is 6.09 Å². The summed E-state index contributed by atoms with van der Waals surface area (Å²) in [6, 6.07) is 1.13. The largest absolute Gasteiger partial charge is 0.444 e.